The van der Waals surface area contributed by atoms with Crippen LogP contribution < -0.4 is 10.6 Å². The van der Waals surface area contributed by atoms with Crippen molar-refractivity contribution < 1.29 is 0 Å². The van der Waals surface area contributed by atoms with E-state index >= 15 is 0 Å². The standard InChI is InChI=1S/C15H22BrN3/c1-11(17)14-5-4-12(9-15(14)16)19-8-7-18-6-2-3-13(18)10-19/h4-5,9,11,13H,2-3,6-8,10,17H2,1H3. The zero-order valence-corrected chi connectivity index (χ0v) is 13.1. The van der Waals surface area contributed by atoms with E-state index in [9.17, 15) is 0 Å². The molecule has 2 aliphatic heterocycles. The molecule has 2 atom stereocenters. The fourth-order valence-corrected chi connectivity index (χ4v) is 4.04. The van der Waals surface area contributed by atoms with Gasteiger partial charge in [0, 0.05) is 41.9 Å². The molecular formula is C15H22BrN3. The van der Waals surface area contributed by atoms with Crippen LogP contribution in [0.15, 0.2) is 22.7 Å². The van der Waals surface area contributed by atoms with E-state index in [1.165, 1.54) is 43.7 Å². The summed E-state index contributed by atoms with van der Waals surface area (Å²) in [5.41, 5.74) is 8.47. The van der Waals surface area contributed by atoms with Crippen molar-refractivity contribution in [3.63, 3.8) is 0 Å². The number of nitrogens with two attached hydrogens (primary N) is 1. The highest BCUT2D eigenvalue weighted by molar-refractivity contribution is 9.10. The second-order valence-corrected chi connectivity index (χ2v) is 6.63. The van der Waals surface area contributed by atoms with Gasteiger partial charge in [0.05, 0.1) is 0 Å². The van der Waals surface area contributed by atoms with Crippen molar-refractivity contribution in [1.29, 1.82) is 0 Å². The Kier molecular flexibility index (Phi) is 3.83. The molecule has 2 saturated heterocycles. The summed E-state index contributed by atoms with van der Waals surface area (Å²) in [6.07, 6.45) is 2.72. The fraction of sp³-hybridized carbons (Fsp3) is 0.600. The van der Waals surface area contributed by atoms with Gasteiger partial charge in [-0.25, -0.2) is 0 Å². The molecule has 4 heteroatoms. The topological polar surface area (TPSA) is 32.5 Å². The molecule has 2 N–H and O–H groups in total. The van der Waals surface area contributed by atoms with Gasteiger partial charge in [-0.1, -0.05) is 22.0 Å². The number of fused-ring (bicyclic) bond motifs is 1. The van der Waals surface area contributed by atoms with Crippen molar-refractivity contribution in [2.24, 2.45) is 5.73 Å². The molecule has 1 aromatic rings. The molecule has 0 aromatic heterocycles. The number of rotatable bonds is 2. The maximum atomic E-state index is 5.96. The minimum atomic E-state index is 0.0788. The number of anilines is 1. The SMILES string of the molecule is CC(N)c1ccc(N2CCN3CCCC3C2)cc1Br. The molecule has 104 valence electrons. The summed E-state index contributed by atoms with van der Waals surface area (Å²) in [4.78, 5) is 5.16. The first-order chi connectivity index (χ1) is 9.15. The number of hydrogen-bond donors (Lipinski definition) is 1. The molecule has 2 unspecified atom stereocenters. The monoisotopic (exact) mass is 323 g/mol. The Bertz CT molecular complexity index is 461. The number of hydrogen-bond acceptors (Lipinski definition) is 3. The molecule has 3 rings (SSSR count). The van der Waals surface area contributed by atoms with Gasteiger partial charge in [0.25, 0.3) is 0 Å². The van der Waals surface area contributed by atoms with Crippen molar-refractivity contribution in [3.8, 4) is 0 Å². The van der Waals surface area contributed by atoms with Gasteiger partial charge in [-0.05, 0) is 44.0 Å². The van der Waals surface area contributed by atoms with Crippen molar-refractivity contribution in [2.75, 3.05) is 31.1 Å². The lowest BCUT2D eigenvalue weighted by Crippen LogP contribution is -2.50. The third-order valence-corrected chi connectivity index (χ3v) is 5.11. The number of halogens is 1. The summed E-state index contributed by atoms with van der Waals surface area (Å²) in [5.74, 6) is 0. The first kappa shape index (κ1) is 13.4. The normalized spacial score (nSPS) is 25.4. The van der Waals surface area contributed by atoms with Crippen LogP contribution in [0.4, 0.5) is 5.69 Å². The van der Waals surface area contributed by atoms with Gasteiger partial charge in [0.15, 0.2) is 0 Å². The molecule has 0 saturated carbocycles. The van der Waals surface area contributed by atoms with Crippen molar-refractivity contribution >= 4 is 21.6 Å². The summed E-state index contributed by atoms with van der Waals surface area (Å²) in [7, 11) is 0. The smallest absolute Gasteiger partial charge is 0.0378 e. The Morgan fingerprint density at radius 3 is 2.89 bits per heavy atom. The maximum absolute atomic E-state index is 5.96. The number of nitrogens with zero attached hydrogens (tertiary/aromatic N) is 2. The van der Waals surface area contributed by atoms with E-state index in [0.29, 0.717) is 0 Å². The van der Waals surface area contributed by atoms with E-state index in [0.717, 1.165) is 17.1 Å². The second-order valence-electron chi connectivity index (χ2n) is 5.77. The minimum Gasteiger partial charge on any atom is -0.369 e. The van der Waals surface area contributed by atoms with Crippen LogP contribution in [0.3, 0.4) is 0 Å². The van der Waals surface area contributed by atoms with Gasteiger partial charge < -0.3 is 10.6 Å². The molecule has 3 nitrogen and oxygen atoms in total. The van der Waals surface area contributed by atoms with Gasteiger partial charge in [-0.15, -0.1) is 0 Å². The van der Waals surface area contributed by atoms with Crippen LogP contribution in [0.5, 0.6) is 0 Å². The second kappa shape index (κ2) is 5.43. The lowest BCUT2D eigenvalue weighted by molar-refractivity contribution is 0.231. The first-order valence-corrected chi connectivity index (χ1v) is 7.98. The molecule has 0 amide bonds. The molecule has 0 spiro atoms. The molecule has 1 aromatic carbocycles. The minimum absolute atomic E-state index is 0.0788. The van der Waals surface area contributed by atoms with Crippen LogP contribution in [0, 0.1) is 0 Å². The highest BCUT2D eigenvalue weighted by atomic mass is 79.9. The van der Waals surface area contributed by atoms with Crippen LogP contribution in [0.2, 0.25) is 0 Å². The van der Waals surface area contributed by atoms with Crippen LogP contribution in [0.1, 0.15) is 31.4 Å². The van der Waals surface area contributed by atoms with E-state index in [1.54, 1.807) is 0 Å². The molecule has 2 fully saturated rings. The van der Waals surface area contributed by atoms with Crippen LogP contribution in [-0.2, 0) is 0 Å². The van der Waals surface area contributed by atoms with Crippen LogP contribution in [0.25, 0.3) is 0 Å². The third-order valence-electron chi connectivity index (χ3n) is 4.43. The van der Waals surface area contributed by atoms with Gasteiger partial charge >= 0.3 is 0 Å². The van der Waals surface area contributed by atoms with E-state index in [2.05, 4.69) is 43.9 Å². The first-order valence-electron chi connectivity index (χ1n) is 7.19. The highest BCUT2D eigenvalue weighted by Crippen LogP contribution is 2.30. The molecular weight excluding hydrogens is 302 g/mol. The molecule has 2 heterocycles. The zero-order chi connectivity index (χ0) is 13.4. The Morgan fingerprint density at radius 2 is 2.16 bits per heavy atom. The van der Waals surface area contributed by atoms with Gasteiger partial charge in [0.1, 0.15) is 0 Å². The van der Waals surface area contributed by atoms with Gasteiger partial charge in [-0.2, -0.15) is 0 Å². The summed E-state index contributed by atoms with van der Waals surface area (Å²) >= 11 is 3.65. The number of piperazine rings is 1. The Hall–Kier alpha value is -0.580. The predicted molar refractivity (Wildman–Crippen MR) is 83.6 cm³/mol. The number of benzene rings is 1. The van der Waals surface area contributed by atoms with E-state index in [-0.39, 0.29) is 6.04 Å². The summed E-state index contributed by atoms with van der Waals surface area (Å²) in [6.45, 7) is 6.84. The Balaban J connectivity index is 1.77. The van der Waals surface area contributed by atoms with Crippen molar-refractivity contribution in [2.45, 2.75) is 31.8 Å². The average molecular weight is 324 g/mol. The Morgan fingerprint density at radius 1 is 1.32 bits per heavy atom. The summed E-state index contributed by atoms with van der Waals surface area (Å²) in [5, 5.41) is 0. The summed E-state index contributed by atoms with van der Waals surface area (Å²) < 4.78 is 1.13. The lowest BCUT2D eigenvalue weighted by Gasteiger charge is -2.39. The van der Waals surface area contributed by atoms with Crippen molar-refractivity contribution in [3.05, 3.63) is 28.2 Å². The molecule has 0 radical (unpaired) electrons. The van der Waals surface area contributed by atoms with E-state index in [1.807, 2.05) is 6.92 Å². The largest absolute Gasteiger partial charge is 0.369 e. The van der Waals surface area contributed by atoms with Crippen LogP contribution in [-0.4, -0.2) is 37.1 Å². The fourth-order valence-electron chi connectivity index (χ4n) is 3.31. The van der Waals surface area contributed by atoms with Gasteiger partial charge in [-0.3, -0.25) is 4.90 Å². The van der Waals surface area contributed by atoms with Gasteiger partial charge in [0.2, 0.25) is 0 Å². The average Bonchev–Trinajstić information content (AvgIpc) is 2.85. The molecule has 0 aliphatic carbocycles. The third kappa shape index (κ3) is 2.67. The van der Waals surface area contributed by atoms with Crippen molar-refractivity contribution in [1.82, 2.24) is 4.90 Å². The highest BCUT2D eigenvalue weighted by Gasteiger charge is 2.30. The lowest BCUT2D eigenvalue weighted by atomic mass is 10.1. The molecule has 0 bridgehead atoms. The molecule has 19 heavy (non-hydrogen) atoms. The maximum Gasteiger partial charge on any atom is 0.0378 e. The van der Waals surface area contributed by atoms with E-state index < -0.39 is 0 Å². The predicted octanol–water partition coefficient (Wildman–Crippen LogP) is 2.75. The van der Waals surface area contributed by atoms with Crippen LogP contribution >= 0.6 is 15.9 Å². The van der Waals surface area contributed by atoms with E-state index in [4.69, 9.17) is 5.73 Å². The molecule has 2 aliphatic rings. The quantitative estimate of drug-likeness (QED) is 0.908. The Labute approximate surface area is 123 Å². The summed E-state index contributed by atoms with van der Waals surface area (Å²) in [6, 6.07) is 7.44. The zero-order valence-electron chi connectivity index (χ0n) is 11.5.